The van der Waals surface area contributed by atoms with Crippen molar-refractivity contribution in [2.24, 2.45) is 5.92 Å². The van der Waals surface area contributed by atoms with E-state index in [9.17, 15) is 13.2 Å². The van der Waals surface area contributed by atoms with Crippen molar-refractivity contribution in [2.45, 2.75) is 38.2 Å². The predicted octanol–water partition coefficient (Wildman–Crippen LogP) is 4.08. The third-order valence-electron chi connectivity index (χ3n) is 6.24. The number of benzene rings is 2. The molecule has 1 fully saturated rings. The normalized spacial score (nSPS) is 15.9. The van der Waals surface area contributed by atoms with E-state index in [2.05, 4.69) is 10.3 Å². The Morgan fingerprint density at radius 1 is 1.06 bits per heavy atom. The topological polar surface area (TPSA) is 88.6 Å². The van der Waals surface area contributed by atoms with Gasteiger partial charge in [-0.2, -0.15) is 0 Å². The average molecular weight is 494 g/mol. The second-order valence-corrected chi connectivity index (χ2v) is 10.8. The summed E-state index contributed by atoms with van der Waals surface area (Å²) in [4.78, 5) is 17.2. The Hall–Kier alpha value is -3.23. The van der Waals surface area contributed by atoms with Gasteiger partial charge >= 0.3 is 0 Å². The number of pyridine rings is 1. The lowest BCUT2D eigenvalue weighted by molar-refractivity contribution is -0.126. The molecule has 1 atom stereocenters. The Kier molecular flexibility index (Phi) is 8.15. The Morgan fingerprint density at radius 2 is 1.80 bits per heavy atom. The van der Waals surface area contributed by atoms with Crippen molar-refractivity contribution in [1.29, 1.82) is 0 Å². The van der Waals surface area contributed by atoms with Crippen molar-refractivity contribution in [2.75, 3.05) is 13.1 Å². The molecule has 7 nitrogen and oxygen atoms in total. The summed E-state index contributed by atoms with van der Waals surface area (Å²) in [6, 6.07) is 22.3. The van der Waals surface area contributed by atoms with Gasteiger partial charge in [0, 0.05) is 25.2 Å². The molecule has 4 rings (SSSR count). The van der Waals surface area contributed by atoms with E-state index in [1.807, 2.05) is 79.7 Å². The molecule has 1 aromatic heterocycles. The van der Waals surface area contributed by atoms with E-state index < -0.39 is 10.0 Å². The number of hydrogen-bond donors (Lipinski definition) is 1. The third kappa shape index (κ3) is 6.90. The summed E-state index contributed by atoms with van der Waals surface area (Å²) in [7, 11) is -3.40. The number of aromatic nitrogens is 1. The van der Waals surface area contributed by atoms with Crippen LogP contribution in [-0.2, 0) is 27.2 Å². The van der Waals surface area contributed by atoms with Gasteiger partial charge in [0.1, 0.15) is 12.4 Å². The monoisotopic (exact) mass is 493 g/mol. The molecule has 0 bridgehead atoms. The van der Waals surface area contributed by atoms with E-state index in [-0.39, 0.29) is 23.6 Å². The van der Waals surface area contributed by atoms with Gasteiger partial charge in [-0.05, 0) is 55.2 Å². The van der Waals surface area contributed by atoms with Crippen molar-refractivity contribution >= 4 is 15.9 Å². The van der Waals surface area contributed by atoms with E-state index in [0.717, 1.165) is 16.8 Å². The van der Waals surface area contributed by atoms with Crippen LogP contribution in [0.5, 0.6) is 5.75 Å². The molecule has 1 unspecified atom stereocenters. The smallest absolute Gasteiger partial charge is 0.223 e. The molecule has 1 N–H and O–H groups in total. The maximum Gasteiger partial charge on any atom is 0.223 e. The molecule has 2 aromatic carbocycles. The summed E-state index contributed by atoms with van der Waals surface area (Å²) >= 11 is 0. The van der Waals surface area contributed by atoms with Crippen LogP contribution in [0.2, 0.25) is 0 Å². The van der Waals surface area contributed by atoms with E-state index in [4.69, 9.17) is 4.74 Å². The Labute approximate surface area is 207 Å². The highest BCUT2D eigenvalue weighted by atomic mass is 32.2. The summed E-state index contributed by atoms with van der Waals surface area (Å²) < 4.78 is 32.9. The molecular formula is C27H31N3O4S. The lowest BCUT2D eigenvalue weighted by Crippen LogP contribution is -2.43. The SMILES string of the molecule is CC(NC(=O)C1CCN(S(=O)(=O)Cc2ccccc2)CC1)c1cccc(OCc2ccccn2)c1. The van der Waals surface area contributed by atoms with Crippen molar-refractivity contribution < 1.29 is 17.9 Å². The van der Waals surface area contributed by atoms with Crippen molar-refractivity contribution in [3.8, 4) is 5.75 Å². The summed E-state index contributed by atoms with van der Waals surface area (Å²) in [5, 5.41) is 3.09. The lowest BCUT2D eigenvalue weighted by atomic mass is 9.96. The van der Waals surface area contributed by atoms with Crippen LogP contribution in [0, 0.1) is 5.92 Å². The Bertz CT molecular complexity index is 1210. The molecule has 35 heavy (non-hydrogen) atoms. The summed E-state index contributed by atoms with van der Waals surface area (Å²) in [5.74, 6) is 0.452. The van der Waals surface area contributed by atoms with Crippen LogP contribution in [0.3, 0.4) is 0 Å². The van der Waals surface area contributed by atoms with Gasteiger partial charge in [-0.1, -0.05) is 48.5 Å². The van der Waals surface area contributed by atoms with Crippen molar-refractivity contribution in [1.82, 2.24) is 14.6 Å². The summed E-state index contributed by atoms with van der Waals surface area (Å²) in [6.07, 6.45) is 2.76. The molecule has 184 valence electrons. The standard InChI is InChI=1S/C27H31N3O4S/c1-21(24-10-7-12-26(18-24)34-19-25-11-5-6-15-28-25)29-27(31)23-13-16-30(17-14-23)35(32,33)20-22-8-3-2-4-9-22/h2-12,15,18,21,23H,13-14,16-17,19-20H2,1H3,(H,29,31). The molecular weight excluding hydrogens is 462 g/mol. The van der Waals surface area contributed by atoms with Gasteiger partial charge in [0.15, 0.2) is 0 Å². The van der Waals surface area contributed by atoms with Gasteiger partial charge in [-0.25, -0.2) is 12.7 Å². The number of rotatable bonds is 9. The molecule has 0 radical (unpaired) electrons. The zero-order chi connectivity index (χ0) is 24.7. The first-order chi connectivity index (χ1) is 16.9. The maximum absolute atomic E-state index is 12.9. The second-order valence-electron chi connectivity index (χ2n) is 8.83. The van der Waals surface area contributed by atoms with Gasteiger partial charge in [0.05, 0.1) is 17.5 Å². The number of carbonyl (C=O) groups is 1. The highest BCUT2D eigenvalue weighted by Crippen LogP contribution is 2.24. The second kappa shape index (κ2) is 11.5. The third-order valence-corrected chi connectivity index (χ3v) is 8.09. The van der Waals surface area contributed by atoms with Crippen molar-refractivity contribution in [3.05, 3.63) is 95.8 Å². The maximum atomic E-state index is 12.9. The summed E-state index contributed by atoms with van der Waals surface area (Å²) in [5.41, 5.74) is 2.56. The number of nitrogens with one attached hydrogen (secondary N) is 1. The first-order valence-corrected chi connectivity index (χ1v) is 13.5. The highest BCUT2D eigenvalue weighted by Gasteiger charge is 2.31. The quantitative estimate of drug-likeness (QED) is 0.485. The highest BCUT2D eigenvalue weighted by molar-refractivity contribution is 7.88. The molecule has 8 heteroatoms. The molecule has 0 aliphatic carbocycles. The van der Waals surface area contributed by atoms with E-state index >= 15 is 0 Å². The minimum absolute atomic E-state index is 0.0134. The fourth-order valence-corrected chi connectivity index (χ4v) is 5.76. The zero-order valence-corrected chi connectivity index (χ0v) is 20.7. The summed E-state index contributed by atoms with van der Waals surface area (Å²) in [6.45, 7) is 3.03. The molecule has 0 saturated carbocycles. The minimum atomic E-state index is -3.40. The van der Waals surface area contributed by atoms with Crippen LogP contribution in [0.25, 0.3) is 0 Å². The number of carbonyl (C=O) groups excluding carboxylic acids is 1. The van der Waals surface area contributed by atoms with Crippen LogP contribution in [0.1, 0.15) is 42.6 Å². The fourth-order valence-electron chi connectivity index (χ4n) is 4.20. The number of nitrogens with zero attached hydrogens (tertiary/aromatic N) is 2. The number of hydrogen-bond acceptors (Lipinski definition) is 5. The molecule has 1 aliphatic heterocycles. The van der Waals surface area contributed by atoms with Crippen LogP contribution in [0.4, 0.5) is 0 Å². The van der Waals surface area contributed by atoms with E-state index in [1.165, 1.54) is 4.31 Å². The predicted molar refractivity (Wildman–Crippen MR) is 135 cm³/mol. The zero-order valence-electron chi connectivity index (χ0n) is 19.8. The van der Waals surface area contributed by atoms with Gasteiger partial charge in [0.2, 0.25) is 15.9 Å². The Balaban J connectivity index is 1.28. The van der Waals surface area contributed by atoms with Crippen LogP contribution >= 0.6 is 0 Å². The average Bonchev–Trinajstić information content (AvgIpc) is 2.88. The molecule has 1 aliphatic rings. The number of sulfonamides is 1. The Morgan fingerprint density at radius 3 is 2.51 bits per heavy atom. The van der Waals surface area contributed by atoms with E-state index in [1.54, 1.807) is 6.20 Å². The fraction of sp³-hybridized carbons (Fsp3) is 0.333. The minimum Gasteiger partial charge on any atom is -0.487 e. The molecule has 2 heterocycles. The first kappa shape index (κ1) is 24.9. The largest absolute Gasteiger partial charge is 0.487 e. The molecule has 1 amide bonds. The van der Waals surface area contributed by atoms with Gasteiger partial charge in [-0.15, -0.1) is 0 Å². The van der Waals surface area contributed by atoms with Gasteiger partial charge < -0.3 is 10.1 Å². The van der Waals surface area contributed by atoms with Gasteiger partial charge in [-0.3, -0.25) is 9.78 Å². The molecule has 3 aromatic rings. The van der Waals surface area contributed by atoms with Crippen LogP contribution in [-0.4, -0.2) is 36.7 Å². The molecule has 1 saturated heterocycles. The van der Waals surface area contributed by atoms with E-state index in [0.29, 0.717) is 38.3 Å². The first-order valence-electron chi connectivity index (χ1n) is 11.9. The lowest BCUT2D eigenvalue weighted by Gasteiger charge is -2.31. The number of ether oxygens (including phenoxy) is 1. The van der Waals surface area contributed by atoms with Crippen LogP contribution in [0.15, 0.2) is 79.0 Å². The number of piperidine rings is 1. The van der Waals surface area contributed by atoms with Gasteiger partial charge in [0.25, 0.3) is 0 Å². The van der Waals surface area contributed by atoms with Crippen molar-refractivity contribution in [3.63, 3.8) is 0 Å². The van der Waals surface area contributed by atoms with Crippen LogP contribution < -0.4 is 10.1 Å². The number of amides is 1. The molecule has 0 spiro atoms.